The minimum Gasteiger partial charge on any atom is -0.349 e. The molecule has 0 fully saturated rings. The van der Waals surface area contributed by atoms with Crippen molar-refractivity contribution in [3.05, 3.63) is 42.0 Å². The van der Waals surface area contributed by atoms with Crippen molar-refractivity contribution >= 4 is 35.6 Å². The molecule has 0 bridgehead atoms. The first kappa shape index (κ1) is 16.7. The Kier molecular flexibility index (Phi) is 5.76. The summed E-state index contributed by atoms with van der Waals surface area (Å²) >= 11 is 0. The summed E-state index contributed by atoms with van der Waals surface area (Å²) in [5.41, 5.74) is 2.61. The molecule has 0 atom stereocenters. The van der Waals surface area contributed by atoms with Crippen LogP contribution in [0.4, 0.5) is 5.69 Å². The van der Waals surface area contributed by atoms with Crippen molar-refractivity contribution in [2.24, 2.45) is 4.99 Å². The van der Waals surface area contributed by atoms with Crippen LogP contribution >= 0.6 is 24.0 Å². The molecule has 2 aromatic rings. The predicted octanol–water partition coefficient (Wildman–Crippen LogP) is 2.05. The predicted molar refractivity (Wildman–Crippen MR) is 98.8 cm³/mol. The number of hydrogen-bond donors (Lipinski definition) is 1. The van der Waals surface area contributed by atoms with Crippen LogP contribution in [0.1, 0.15) is 18.3 Å². The van der Waals surface area contributed by atoms with Crippen molar-refractivity contribution in [3.8, 4) is 0 Å². The van der Waals surface area contributed by atoms with Gasteiger partial charge in [0.2, 0.25) is 0 Å². The fourth-order valence-corrected chi connectivity index (χ4v) is 2.69. The average Bonchev–Trinajstić information content (AvgIpc) is 3.15. The smallest absolute Gasteiger partial charge is 0.198 e. The van der Waals surface area contributed by atoms with Gasteiger partial charge in [0.15, 0.2) is 11.8 Å². The van der Waals surface area contributed by atoms with Crippen molar-refractivity contribution in [2.75, 3.05) is 18.5 Å². The Balaban J connectivity index is 0.00000176. The monoisotopic (exact) mass is 412 g/mol. The van der Waals surface area contributed by atoms with E-state index in [9.17, 15) is 0 Å². The molecular formula is C15H21IN6. The summed E-state index contributed by atoms with van der Waals surface area (Å²) in [4.78, 5) is 6.62. The largest absolute Gasteiger partial charge is 0.349 e. The fourth-order valence-electron chi connectivity index (χ4n) is 2.69. The molecule has 0 unspecified atom stereocenters. The van der Waals surface area contributed by atoms with Gasteiger partial charge in [-0.2, -0.15) is 0 Å². The SMILES string of the molecule is CCn1cnnc1CNC(=NC)N1CCc2ccccc21.I. The minimum absolute atomic E-state index is 0. The number of para-hydroxylation sites is 1. The summed E-state index contributed by atoms with van der Waals surface area (Å²) in [7, 11) is 1.81. The van der Waals surface area contributed by atoms with Gasteiger partial charge in [0.05, 0.1) is 6.54 Å². The minimum atomic E-state index is 0. The molecule has 0 saturated carbocycles. The number of rotatable bonds is 3. The molecular weight excluding hydrogens is 391 g/mol. The molecule has 1 aromatic carbocycles. The second-order valence-corrected chi connectivity index (χ2v) is 4.96. The van der Waals surface area contributed by atoms with E-state index < -0.39 is 0 Å². The molecule has 0 amide bonds. The summed E-state index contributed by atoms with van der Waals surface area (Å²) in [5, 5.41) is 11.5. The van der Waals surface area contributed by atoms with E-state index in [0.717, 1.165) is 31.3 Å². The highest BCUT2D eigenvalue weighted by atomic mass is 127. The van der Waals surface area contributed by atoms with Crippen LogP contribution in [0.2, 0.25) is 0 Å². The van der Waals surface area contributed by atoms with Gasteiger partial charge in [0.1, 0.15) is 6.33 Å². The van der Waals surface area contributed by atoms with Crippen LogP contribution in [0.25, 0.3) is 0 Å². The Morgan fingerprint density at radius 1 is 1.36 bits per heavy atom. The Labute approximate surface area is 147 Å². The maximum atomic E-state index is 4.40. The van der Waals surface area contributed by atoms with E-state index in [1.165, 1.54) is 11.3 Å². The van der Waals surface area contributed by atoms with E-state index >= 15 is 0 Å². The lowest BCUT2D eigenvalue weighted by atomic mass is 10.2. The van der Waals surface area contributed by atoms with Gasteiger partial charge in [-0.1, -0.05) is 18.2 Å². The van der Waals surface area contributed by atoms with Gasteiger partial charge in [0, 0.05) is 25.8 Å². The van der Waals surface area contributed by atoms with Crippen molar-refractivity contribution in [1.82, 2.24) is 20.1 Å². The average molecular weight is 412 g/mol. The van der Waals surface area contributed by atoms with Crippen LogP contribution in [0.3, 0.4) is 0 Å². The third-order valence-electron chi connectivity index (χ3n) is 3.80. The standard InChI is InChI=1S/C15H20N6.HI/c1-3-20-11-18-19-14(20)10-17-15(16-2)21-9-8-12-6-4-5-7-13(12)21;/h4-7,11H,3,8-10H2,1-2H3,(H,16,17);1H. The van der Waals surface area contributed by atoms with E-state index in [-0.39, 0.29) is 24.0 Å². The highest BCUT2D eigenvalue weighted by molar-refractivity contribution is 14.0. The van der Waals surface area contributed by atoms with Crippen molar-refractivity contribution in [1.29, 1.82) is 0 Å². The fraction of sp³-hybridized carbons (Fsp3) is 0.400. The van der Waals surface area contributed by atoms with Gasteiger partial charge in [-0.25, -0.2) is 0 Å². The molecule has 0 spiro atoms. The third kappa shape index (κ3) is 3.23. The summed E-state index contributed by atoms with van der Waals surface area (Å²) in [5.74, 6) is 1.80. The molecule has 0 radical (unpaired) electrons. The number of aliphatic imine (C=N–C) groups is 1. The van der Waals surface area contributed by atoms with Crippen LogP contribution < -0.4 is 10.2 Å². The number of aryl methyl sites for hydroxylation is 1. The molecule has 3 rings (SSSR count). The molecule has 6 nitrogen and oxygen atoms in total. The van der Waals surface area contributed by atoms with Crippen LogP contribution in [0.15, 0.2) is 35.6 Å². The summed E-state index contributed by atoms with van der Waals surface area (Å²) < 4.78 is 2.03. The van der Waals surface area contributed by atoms with E-state index in [0.29, 0.717) is 6.54 Å². The highest BCUT2D eigenvalue weighted by Gasteiger charge is 2.22. The quantitative estimate of drug-likeness (QED) is 0.477. The number of nitrogens with one attached hydrogen (secondary N) is 1. The molecule has 118 valence electrons. The maximum Gasteiger partial charge on any atom is 0.198 e. The zero-order chi connectivity index (χ0) is 14.7. The Hall–Kier alpha value is -1.64. The molecule has 1 N–H and O–H groups in total. The maximum absolute atomic E-state index is 4.40. The molecule has 22 heavy (non-hydrogen) atoms. The van der Waals surface area contributed by atoms with Crippen LogP contribution in [0.5, 0.6) is 0 Å². The first-order valence-corrected chi connectivity index (χ1v) is 7.26. The van der Waals surface area contributed by atoms with Crippen molar-refractivity contribution in [2.45, 2.75) is 26.4 Å². The molecule has 1 aromatic heterocycles. The highest BCUT2D eigenvalue weighted by Crippen LogP contribution is 2.27. The number of halogens is 1. The Morgan fingerprint density at radius 3 is 2.95 bits per heavy atom. The van der Waals surface area contributed by atoms with Gasteiger partial charge in [-0.3, -0.25) is 4.99 Å². The van der Waals surface area contributed by atoms with Crippen LogP contribution in [-0.4, -0.2) is 34.3 Å². The number of aromatic nitrogens is 3. The molecule has 1 aliphatic heterocycles. The number of fused-ring (bicyclic) bond motifs is 1. The second-order valence-electron chi connectivity index (χ2n) is 4.96. The number of hydrogen-bond acceptors (Lipinski definition) is 3. The summed E-state index contributed by atoms with van der Waals surface area (Å²) in [6.45, 7) is 4.53. The lowest BCUT2D eigenvalue weighted by Crippen LogP contribution is -2.40. The molecule has 2 heterocycles. The zero-order valence-corrected chi connectivity index (χ0v) is 15.2. The lowest BCUT2D eigenvalue weighted by molar-refractivity contribution is 0.675. The number of anilines is 1. The first-order valence-electron chi connectivity index (χ1n) is 7.26. The lowest BCUT2D eigenvalue weighted by Gasteiger charge is -2.22. The van der Waals surface area contributed by atoms with E-state index in [1.807, 2.05) is 11.6 Å². The van der Waals surface area contributed by atoms with E-state index in [1.54, 1.807) is 6.33 Å². The topological polar surface area (TPSA) is 58.3 Å². The normalized spacial score (nSPS) is 13.7. The Bertz CT molecular complexity index is 651. The third-order valence-corrected chi connectivity index (χ3v) is 3.80. The van der Waals surface area contributed by atoms with Crippen molar-refractivity contribution in [3.63, 3.8) is 0 Å². The molecule has 7 heteroatoms. The van der Waals surface area contributed by atoms with Crippen molar-refractivity contribution < 1.29 is 0 Å². The summed E-state index contributed by atoms with van der Waals surface area (Å²) in [6.07, 6.45) is 2.81. The van der Waals surface area contributed by atoms with Gasteiger partial charge in [-0.15, -0.1) is 34.2 Å². The molecule has 0 aliphatic carbocycles. The number of guanidine groups is 1. The second kappa shape index (κ2) is 7.57. The number of benzene rings is 1. The summed E-state index contributed by atoms with van der Waals surface area (Å²) in [6, 6.07) is 8.47. The van der Waals surface area contributed by atoms with E-state index in [4.69, 9.17) is 0 Å². The van der Waals surface area contributed by atoms with Gasteiger partial charge in [0.25, 0.3) is 0 Å². The van der Waals surface area contributed by atoms with Gasteiger partial charge in [-0.05, 0) is 25.0 Å². The van der Waals surface area contributed by atoms with Gasteiger partial charge >= 0.3 is 0 Å². The van der Waals surface area contributed by atoms with Gasteiger partial charge < -0.3 is 14.8 Å². The number of nitrogens with zero attached hydrogens (tertiary/aromatic N) is 5. The zero-order valence-electron chi connectivity index (χ0n) is 12.9. The van der Waals surface area contributed by atoms with Crippen LogP contribution in [-0.2, 0) is 19.5 Å². The van der Waals surface area contributed by atoms with Crippen LogP contribution in [0, 0.1) is 0 Å². The first-order chi connectivity index (χ1) is 10.3. The van der Waals surface area contributed by atoms with E-state index in [2.05, 4.69) is 56.6 Å². The Morgan fingerprint density at radius 2 is 2.18 bits per heavy atom. The molecule has 1 aliphatic rings. The molecule has 0 saturated heterocycles.